The summed E-state index contributed by atoms with van der Waals surface area (Å²) in [4.78, 5) is 11.1. The maximum absolute atomic E-state index is 13.6. The number of sulfonamides is 1. The molecular formula is C12H16ClFN2O3S. The zero-order valence-corrected chi connectivity index (χ0v) is 12.7. The van der Waals surface area contributed by atoms with Gasteiger partial charge in [-0.05, 0) is 25.0 Å². The predicted molar refractivity (Wildman–Crippen MR) is 76.9 cm³/mol. The van der Waals surface area contributed by atoms with Crippen molar-refractivity contribution in [3.63, 3.8) is 0 Å². The van der Waals surface area contributed by atoms with Gasteiger partial charge in [0.1, 0.15) is 5.82 Å². The number of nitrogens with one attached hydrogen (secondary N) is 1. The number of carbonyl (C=O) groups excluding carboxylic acids is 1. The molecule has 20 heavy (non-hydrogen) atoms. The number of benzene rings is 1. The number of anilines is 1. The number of hydrogen-bond acceptors (Lipinski definition) is 3. The molecule has 0 saturated heterocycles. The van der Waals surface area contributed by atoms with E-state index < -0.39 is 21.7 Å². The molecule has 1 amide bonds. The topological polar surface area (TPSA) is 89.3 Å². The maximum atomic E-state index is 13.6. The van der Waals surface area contributed by atoms with Crippen LogP contribution in [-0.4, -0.2) is 26.0 Å². The molecule has 1 atom stereocenters. The zero-order valence-electron chi connectivity index (χ0n) is 11.1. The second kappa shape index (κ2) is 6.41. The molecule has 0 radical (unpaired) electrons. The molecule has 0 heterocycles. The number of carbonyl (C=O) groups is 1. The standard InChI is InChI=1S/C12H16ClFN2O3S/c1-7(5-13)6-20(18,19)16-11-4-9(12(15)17)3-10(14)8(11)2/h3-4,7,16H,5-6H2,1-2H3,(H2,15,17). The van der Waals surface area contributed by atoms with E-state index in [9.17, 15) is 17.6 Å². The molecule has 8 heteroatoms. The van der Waals surface area contributed by atoms with E-state index in [0.717, 1.165) is 6.07 Å². The first-order valence-electron chi connectivity index (χ1n) is 5.82. The van der Waals surface area contributed by atoms with Crippen LogP contribution >= 0.6 is 11.6 Å². The SMILES string of the molecule is Cc1c(F)cc(C(N)=O)cc1NS(=O)(=O)CC(C)CCl. The third kappa shape index (κ3) is 4.35. The van der Waals surface area contributed by atoms with E-state index in [1.165, 1.54) is 13.0 Å². The number of amides is 1. The van der Waals surface area contributed by atoms with Crippen LogP contribution in [0.1, 0.15) is 22.8 Å². The monoisotopic (exact) mass is 322 g/mol. The van der Waals surface area contributed by atoms with Crippen molar-refractivity contribution in [2.24, 2.45) is 11.7 Å². The van der Waals surface area contributed by atoms with Crippen LogP contribution in [0.2, 0.25) is 0 Å². The van der Waals surface area contributed by atoms with E-state index >= 15 is 0 Å². The summed E-state index contributed by atoms with van der Waals surface area (Å²) in [6.45, 7) is 3.09. The molecule has 0 spiro atoms. The van der Waals surface area contributed by atoms with Crippen molar-refractivity contribution >= 4 is 33.2 Å². The first-order valence-corrected chi connectivity index (χ1v) is 8.01. The van der Waals surface area contributed by atoms with Crippen molar-refractivity contribution in [1.82, 2.24) is 0 Å². The summed E-state index contributed by atoms with van der Waals surface area (Å²) < 4.78 is 39.7. The van der Waals surface area contributed by atoms with Crippen molar-refractivity contribution in [3.8, 4) is 0 Å². The Morgan fingerprint density at radius 1 is 1.50 bits per heavy atom. The largest absolute Gasteiger partial charge is 0.366 e. The molecule has 1 aromatic rings. The minimum Gasteiger partial charge on any atom is -0.366 e. The number of primary amides is 1. The summed E-state index contributed by atoms with van der Waals surface area (Å²) in [5, 5.41) is 0. The Morgan fingerprint density at radius 2 is 2.10 bits per heavy atom. The van der Waals surface area contributed by atoms with Crippen LogP contribution < -0.4 is 10.5 Å². The Bertz CT molecular complexity index is 619. The van der Waals surface area contributed by atoms with Gasteiger partial charge in [0.2, 0.25) is 15.9 Å². The van der Waals surface area contributed by atoms with Gasteiger partial charge in [0.15, 0.2) is 0 Å². The van der Waals surface area contributed by atoms with E-state index in [1.807, 2.05) is 0 Å². The Morgan fingerprint density at radius 3 is 2.60 bits per heavy atom. The van der Waals surface area contributed by atoms with Crippen LogP contribution in [0.4, 0.5) is 10.1 Å². The van der Waals surface area contributed by atoms with Gasteiger partial charge in [0.05, 0.1) is 11.4 Å². The average molecular weight is 323 g/mol. The molecule has 0 bridgehead atoms. The molecule has 1 aromatic carbocycles. The van der Waals surface area contributed by atoms with Crippen LogP contribution in [0.25, 0.3) is 0 Å². The second-order valence-electron chi connectivity index (χ2n) is 4.64. The highest BCUT2D eigenvalue weighted by Gasteiger charge is 2.18. The number of hydrogen-bond donors (Lipinski definition) is 2. The highest BCUT2D eigenvalue weighted by Crippen LogP contribution is 2.22. The second-order valence-corrected chi connectivity index (χ2v) is 6.71. The average Bonchev–Trinajstić information content (AvgIpc) is 2.33. The number of rotatable bonds is 6. The Balaban J connectivity index is 3.11. The number of nitrogens with two attached hydrogens (primary N) is 1. The van der Waals surface area contributed by atoms with Gasteiger partial charge < -0.3 is 5.73 Å². The quantitative estimate of drug-likeness (QED) is 0.783. The molecule has 0 fully saturated rings. The van der Waals surface area contributed by atoms with Gasteiger partial charge in [0, 0.05) is 17.0 Å². The number of alkyl halides is 1. The Labute approximate surface area is 122 Å². The molecule has 0 aromatic heterocycles. The lowest BCUT2D eigenvalue weighted by Crippen LogP contribution is -2.23. The third-order valence-electron chi connectivity index (χ3n) is 2.66. The molecular weight excluding hydrogens is 307 g/mol. The van der Waals surface area contributed by atoms with E-state index in [-0.39, 0.29) is 34.4 Å². The summed E-state index contributed by atoms with van der Waals surface area (Å²) >= 11 is 5.57. The smallest absolute Gasteiger partial charge is 0.248 e. The summed E-state index contributed by atoms with van der Waals surface area (Å²) in [5.41, 5.74) is 5.06. The first-order chi connectivity index (χ1) is 9.16. The van der Waals surface area contributed by atoms with Gasteiger partial charge in [-0.25, -0.2) is 12.8 Å². The van der Waals surface area contributed by atoms with Crippen LogP contribution in [0.15, 0.2) is 12.1 Å². The Kier molecular flexibility index (Phi) is 5.35. The van der Waals surface area contributed by atoms with Crippen molar-refractivity contribution < 1.29 is 17.6 Å². The van der Waals surface area contributed by atoms with Crippen LogP contribution in [0, 0.1) is 18.7 Å². The van der Waals surface area contributed by atoms with Crippen molar-refractivity contribution in [2.45, 2.75) is 13.8 Å². The fourth-order valence-electron chi connectivity index (χ4n) is 1.56. The molecule has 112 valence electrons. The summed E-state index contributed by atoms with van der Waals surface area (Å²) in [5.74, 6) is -1.80. The molecule has 1 rings (SSSR count). The Hall–Kier alpha value is -1.34. The van der Waals surface area contributed by atoms with Crippen molar-refractivity contribution in [2.75, 3.05) is 16.4 Å². The summed E-state index contributed by atoms with van der Waals surface area (Å²) in [6, 6.07) is 2.18. The molecule has 0 saturated carbocycles. The lowest BCUT2D eigenvalue weighted by atomic mass is 10.1. The van der Waals surface area contributed by atoms with Crippen LogP contribution in [0.3, 0.4) is 0 Å². The molecule has 5 nitrogen and oxygen atoms in total. The summed E-state index contributed by atoms with van der Waals surface area (Å²) in [7, 11) is -3.68. The predicted octanol–water partition coefficient (Wildman–Crippen LogP) is 1.85. The maximum Gasteiger partial charge on any atom is 0.248 e. The number of halogens is 2. The van der Waals surface area contributed by atoms with Gasteiger partial charge in [-0.2, -0.15) is 0 Å². The first kappa shape index (κ1) is 16.7. The highest BCUT2D eigenvalue weighted by molar-refractivity contribution is 7.92. The van der Waals surface area contributed by atoms with E-state index in [0.29, 0.717) is 0 Å². The molecule has 3 N–H and O–H groups in total. The lowest BCUT2D eigenvalue weighted by Gasteiger charge is -2.14. The van der Waals surface area contributed by atoms with Gasteiger partial charge in [-0.3, -0.25) is 9.52 Å². The normalized spacial score (nSPS) is 13.0. The fourth-order valence-corrected chi connectivity index (χ4v) is 3.29. The van der Waals surface area contributed by atoms with Gasteiger partial charge in [-0.1, -0.05) is 6.92 Å². The van der Waals surface area contributed by atoms with Crippen LogP contribution in [-0.2, 0) is 10.0 Å². The molecule has 0 aliphatic rings. The van der Waals surface area contributed by atoms with Gasteiger partial charge in [-0.15, -0.1) is 11.6 Å². The van der Waals surface area contributed by atoms with E-state index in [4.69, 9.17) is 17.3 Å². The minimum atomic E-state index is -3.68. The van der Waals surface area contributed by atoms with Gasteiger partial charge in [0.25, 0.3) is 0 Å². The zero-order chi connectivity index (χ0) is 15.5. The molecule has 1 unspecified atom stereocenters. The van der Waals surface area contributed by atoms with E-state index in [2.05, 4.69) is 4.72 Å². The van der Waals surface area contributed by atoms with Crippen molar-refractivity contribution in [1.29, 1.82) is 0 Å². The van der Waals surface area contributed by atoms with E-state index in [1.54, 1.807) is 6.92 Å². The lowest BCUT2D eigenvalue weighted by molar-refractivity contribution is 0.1000. The minimum absolute atomic E-state index is 0.000530. The summed E-state index contributed by atoms with van der Waals surface area (Å²) in [6.07, 6.45) is 0. The fraction of sp³-hybridized carbons (Fsp3) is 0.417. The molecule has 0 aliphatic heterocycles. The molecule has 0 aliphatic carbocycles. The van der Waals surface area contributed by atoms with Crippen LogP contribution in [0.5, 0.6) is 0 Å². The van der Waals surface area contributed by atoms with Gasteiger partial charge >= 0.3 is 0 Å². The third-order valence-corrected chi connectivity index (χ3v) is 4.73. The van der Waals surface area contributed by atoms with Crippen molar-refractivity contribution in [3.05, 3.63) is 29.1 Å². The highest BCUT2D eigenvalue weighted by atomic mass is 35.5.